The van der Waals surface area contributed by atoms with Crippen LogP contribution < -0.4 is 5.32 Å². The number of nitrogens with zero attached hydrogens (tertiary/aromatic N) is 4. The van der Waals surface area contributed by atoms with Gasteiger partial charge in [-0.15, -0.1) is 5.10 Å². The van der Waals surface area contributed by atoms with E-state index in [2.05, 4.69) is 20.8 Å². The number of tetrazole rings is 1. The van der Waals surface area contributed by atoms with Crippen LogP contribution in [0.2, 0.25) is 0 Å². The smallest absolute Gasteiger partial charge is 0.383 e. The Balaban J connectivity index is 2.49. The molecule has 0 spiro atoms. The van der Waals surface area contributed by atoms with Crippen molar-refractivity contribution in [1.29, 1.82) is 0 Å². The van der Waals surface area contributed by atoms with Gasteiger partial charge in [-0.25, -0.2) is 4.68 Å². The molecule has 1 heterocycles. The molecule has 0 radical (unpaired) electrons. The minimum atomic E-state index is -4.61. The summed E-state index contributed by atoms with van der Waals surface area (Å²) >= 11 is 0.768. The average molecular weight is 271 g/mol. The van der Waals surface area contributed by atoms with Crippen LogP contribution in [0.1, 0.15) is 0 Å². The average Bonchev–Trinajstić information content (AvgIpc) is 2.69. The molecule has 10 heteroatoms. The molecule has 0 aromatic carbocycles. The molecule has 0 aliphatic heterocycles. The van der Waals surface area contributed by atoms with Crippen molar-refractivity contribution in [1.82, 2.24) is 25.5 Å². The molecule has 98 valence electrons. The van der Waals surface area contributed by atoms with Gasteiger partial charge in [0.1, 0.15) is 0 Å². The van der Waals surface area contributed by atoms with Gasteiger partial charge in [-0.1, -0.05) is 11.8 Å². The highest BCUT2D eigenvalue weighted by Gasteiger charge is 2.38. The maximum absolute atomic E-state index is 12.0. The van der Waals surface area contributed by atoms with Crippen molar-refractivity contribution >= 4 is 11.8 Å². The van der Waals surface area contributed by atoms with E-state index >= 15 is 0 Å². The summed E-state index contributed by atoms with van der Waals surface area (Å²) in [5, 5.41) is 22.5. The largest absolute Gasteiger partial charge is 0.415 e. The van der Waals surface area contributed by atoms with E-state index in [0.717, 1.165) is 11.8 Å². The van der Waals surface area contributed by atoms with Gasteiger partial charge in [0, 0.05) is 12.3 Å². The number of aromatic nitrogens is 4. The van der Waals surface area contributed by atoms with Gasteiger partial charge in [0.25, 0.3) is 0 Å². The SMILES string of the molecule is CNCCn1nnnc1SCC(O)C(F)(F)F. The summed E-state index contributed by atoms with van der Waals surface area (Å²) < 4.78 is 37.5. The zero-order valence-electron chi connectivity index (χ0n) is 8.98. The third kappa shape index (κ3) is 4.48. The van der Waals surface area contributed by atoms with E-state index in [0.29, 0.717) is 13.1 Å². The predicted octanol–water partition coefficient (Wildman–Crippen LogP) is -0.0922. The lowest BCUT2D eigenvalue weighted by molar-refractivity contribution is -0.195. The first-order valence-electron chi connectivity index (χ1n) is 4.73. The summed E-state index contributed by atoms with van der Waals surface area (Å²) in [5.74, 6) is -0.524. The zero-order chi connectivity index (χ0) is 12.9. The lowest BCUT2D eigenvalue weighted by atomic mass is 10.4. The van der Waals surface area contributed by atoms with Crippen molar-refractivity contribution in [2.45, 2.75) is 24.0 Å². The molecule has 0 aliphatic carbocycles. The maximum Gasteiger partial charge on any atom is 0.415 e. The summed E-state index contributed by atoms with van der Waals surface area (Å²) in [5.41, 5.74) is 0. The highest BCUT2D eigenvalue weighted by molar-refractivity contribution is 7.99. The highest BCUT2D eigenvalue weighted by Crippen LogP contribution is 2.25. The molecule has 0 bridgehead atoms. The number of alkyl halides is 3. The summed E-state index contributed by atoms with van der Waals surface area (Å²) in [7, 11) is 1.74. The van der Waals surface area contributed by atoms with Crippen LogP contribution >= 0.6 is 11.8 Å². The molecule has 0 amide bonds. The van der Waals surface area contributed by atoms with Gasteiger partial charge in [-0.2, -0.15) is 13.2 Å². The van der Waals surface area contributed by atoms with E-state index in [-0.39, 0.29) is 5.16 Å². The van der Waals surface area contributed by atoms with Crippen molar-refractivity contribution in [2.24, 2.45) is 0 Å². The molecule has 0 aliphatic rings. The van der Waals surface area contributed by atoms with Crippen molar-refractivity contribution in [3.63, 3.8) is 0 Å². The molecule has 1 rings (SSSR count). The van der Waals surface area contributed by atoms with Gasteiger partial charge in [0.2, 0.25) is 5.16 Å². The summed E-state index contributed by atoms with van der Waals surface area (Å²) in [6.45, 7) is 1.05. The fourth-order valence-electron chi connectivity index (χ4n) is 0.906. The number of thioether (sulfide) groups is 1. The van der Waals surface area contributed by atoms with Crippen LogP contribution in [-0.4, -0.2) is 56.9 Å². The van der Waals surface area contributed by atoms with E-state index in [1.54, 1.807) is 7.05 Å². The second-order valence-electron chi connectivity index (χ2n) is 3.16. The number of halogens is 3. The Labute approximate surface area is 99.6 Å². The summed E-state index contributed by atoms with van der Waals surface area (Å²) in [4.78, 5) is 0. The van der Waals surface area contributed by atoms with Crippen molar-refractivity contribution in [3.05, 3.63) is 0 Å². The Morgan fingerprint density at radius 1 is 1.53 bits per heavy atom. The first-order chi connectivity index (χ1) is 7.95. The van der Waals surface area contributed by atoms with E-state index in [1.165, 1.54) is 4.68 Å². The Bertz CT molecular complexity index is 344. The molecule has 1 atom stereocenters. The van der Waals surface area contributed by atoms with E-state index < -0.39 is 18.0 Å². The molecule has 1 aromatic heterocycles. The van der Waals surface area contributed by atoms with Crippen LogP contribution in [0.15, 0.2) is 5.16 Å². The normalized spacial score (nSPS) is 13.9. The second-order valence-corrected chi connectivity index (χ2v) is 4.14. The Morgan fingerprint density at radius 2 is 2.24 bits per heavy atom. The third-order valence-electron chi connectivity index (χ3n) is 1.82. The fourth-order valence-corrected chi connectivity index (χ4v) is 1.77. The third-order valence-corrected chi connectivity index (χ3v) is 2.85. The molecule has 6 nitrogen and oxygen atoms in total. The fraction of sp³-hybridized carbons (Fsp3) is 0.857. The number of rotatable bonds is 6. The molecule has 17 heavy (non-hydrogen) atoms. The molecular weight excluding hydrogens is 259 g/mol. The lowest BCUT2D eigenvalue weighted by Gasteiger charge is -2.13. The van der Waals surface area contributed by atoms with Crippen LogP contribution in [0.3, 0.4) is 0 Å². The predicted molar refractivity (Wildman–Crippen MR) is 54.5 cm³/mol. The topological polar surface area (TPSA) is 75.9 Å². The highest BCUT2D eigenvalue weighted by atomic mass is 32.2. The van der Waals surface area contributed by atoms with Crippen LogP contribution in [0.25, 0.3) is 0 Å². The van der Waals surface area contributed by atoms with Gasteiger partial charge in [0.05, 0.1) is 6.54 Å². The molecular formula is C7H12F3N5OS. The summed E-state index contributed by atoms with van der Waals surface area (Å²) in [6, 6.07) is 0. The van der Waals surface area contributed by atoms with Crippen LogP contribution in [0.5, 0.6) is 0 Å². The zero-order valence-corrected chi connectivity index (χ0v) is 9.79. The Hall–Kier alpha value is -0.870. The molecule has 0 fully saturated rings. The number of likely N-dealkylation sites (N-methyl/N-ethyl adjacent to an activating group) is 1. The second kappa shape index (κ2) is 6.17. The van der Waals surface area contributed by atoms with Gasteiger partial charge in [0.15, 0.2) is 6.10 Å². The van der Waals surface area contributed by atoms with Crippen molar-refractivity contribution in [2.75, 3.05) is 19.3 Å². The maximum atomic E-state index is 12.0. The molecule has 1 unspecified atom stereocenters. The van der Waals surface area contributed by atoms with Gasteiger partial charge >= 0.3 is 6.18 Å². The standard InChI is InChI=1S/C7H12F3N5OS/c1-11-2-3-15-6(12-13-14-15)17-4-5(16)7(8,9)10/h5,11,16H,2-4H2,1H3. The van der Waals surface area contributed by atoms with Crippen LogP contribution in [0.4, 0.5) is 13.2 Å². The summed E-state index contributed by atoms with van der Waals surface area (Å²) in [6.07, 6.45) is -6.99. The van der Waals surface area contributed by atoms with E-state index in [1.807, 2.05) is 0 Å². The Kier molecular flexibility index (Phi) is 5.15. The molecule has 2 N–H and O–H groups in total. The van der Waals surface area contributed by atoms with E-state index in [4.69, 9.17) is 5.11 Å². The lowest BCUT2D eigenvalue weighted by Crippen LogP contribution is -2.30. The first-order valence-corrected chi connectivity index (χ1v) is 5.72. The van der Waals surface area contributed by atoms with Crippen LogP contribution in [-0.2, 0) is 6.54 Å². The van der Waals surface area contributed by atoms with Gasteiger partial charge < -0.3 is 10.4 Å². The number of hydrogen-bond donors (Lipinski definition) is 2. The quantitative estimate of drug-likeness (QED) is 0.704. The minimum Gasteiger partial charge on any atom is -0.383 e. The van der Waals surface area contributed by atoms with Gasteiger partial charge in [-0.05, 0) is 17.5 Å². The number of aliphatic hydroxyl groups is 1. The minimum absolute atomic E-state index is 0.253. The Morgan fingerprint density at radius 3 is 2.82 bits per heavy atom. The molecule has 1 aromatic rings. The molecule has 0 saturated heterocycles. The van der Waals surface area contributed by atoms with Crippen LogP contribution in [0, 0.1) is 0 Å². The van der Waals surface area contributed by atoms with E-state index in [9.17, 15) is 13.2 Å². The monoisotopic (exact) mass is 271 g/mol. The van der Waals surface area contributed by atoms with Crippen molar-refractivity contribution in [3.8, 4) is 0 Å². The molecule has 0 saturated carbocycles. The number of nitrogens with one attached hydrogen (secondary N) is 1. The van der Waals surface area contributed by atoms with Crippen molar-refractivity contribution < 1.29 is 18.3 Å². The first kappa shape index (κ1) is 14.2. The number of hydrogen-bond acceptors (Lipinski definition) is 6. The number of aliphatic hydroxyl groups excluding tert-OH is 1. The van der Waals surface area contributed by atoms with Gasteiger partial charge in [-0.3, -0.25) is 0 Å².